The molecule has 0 aromatic carbocycles. The van der Waals surface area contributed by atoms with E-state index in [1.807, 2.05) is 0 Å². The molecule has 5 nitrogen and oxygen atoms in total. The molecule has 1 rings (SSSR count). The fourth-order valence-corrected chi connectivity index (χ4v) is 1.53. The van der Waals surface area contributed by atoms with Gasteiger partial charge in [-0.1, -0.05) is 0 Å². The Hall–Kier alpha value is -0.200. The smallest absolute Gasteiger partial charge is 0.0701 e. The normalized spacial score (nSPS) is 17.3. The number of nitrogens with one attached hydrogen (secondary N) is 1. The minimum Gasteiger partial charge on any atom is -0.396 e. The Balaban J connectivity index is 1.73. The summed E-state index contributed by atoms with van der Waals surface area (Å²) in [6.07, 6.45) is 2.29. The highest BCUT2D eigenvalue weighted by molar-refractivity contribution is 4.94. The lowest BCUT2D eigenvalue weighted by molar-refractivity contribution is 0.0253. The van der Waals surface area contributed by atoms with Crippen molar-refractivity contribution in [2.24, 2.45) is 5.41 Å². The van der Waals surface area contributed by atoms with Crippen LogP contribution in [0.15, 0.2) is 0 Å². The summed E-state index contributed by atoms with van der Waals surface area (Å²) in [6.45, 7) is 5.21. The van der Waals surface area contributed by atoms with Crippen LogP contribution in [0.2, 0.25) is 0 Å². The first kappa shape index (κ1) is 14.9. The van der Waals surface area contributed by atoms with E-state index in [1.165, 1.54) is 0 Å². The summed E-state index contributed by atoms with van der Waals surface area (Å²) in [4.78, 5) is 0. The van der Waals surface area contributed by atoms with Crippen molar-refractivity contribution in [2.75, 3.05) is 59.8 Å². The first-order valence-corrected chi connectivity index (χ1v) is 6.29. The van der Waals surface area contributed by atoms with Crippen LogP contribution in [-0.2, 0) is 14.2 Å². The maximum Gasteiger partial charge on any atom is 0.0701 e. The standard InChI is InChI=1S/C12H25NO4/c1-15-6-7-17-9-8-16-5-4-13-10-12(11-14)2-3-12/h13-14H,2-11H2,1H3. The second-order valence-electron chi connectivity index (χ2n) is 4.55. The lowest BCUT2D eigenvalue weighted by Crippen LogP contribution is -2.29. The van der Waals surface area contributed by atoms with Crippen molar-refractivity contribution in [3.8, 4) is 0 Å². The van der Waals surface area contributed by atoms with Crippen molar-refractivity contribution in [2.45, 2.75) is 12.8 Å². The third kappa shape index (κ3) is 6.95. The van der Waals surface area contributed by atoms with Crippen LogP contribution in [0, 0.1) is 5.41 Å². The number of methoxy groups -OCH3 is 1. The summed E-state index contributed by atoms with van der Waals surface area (Å²) >= 11 is 0. The molecule has 0 aromatic heterocycles. The highest BCUT2D eigenvalue weighted by atomic mass is 16.5. The SMILES string of the molecule is COCCOCCOCCNCC1(CO)CC1. The molecule has 1 aliphatic carbocycles. The number of ether oxygens (including phenoxy) is 3. The van der Waals surface area contributed by atoms with Crippen LogP contribution in [0.25, 0.3) is 0 Å². The molecule has 0 saturated heterocycles. The molecule has 0 radical (unpaired) electrons. The molecule has 5 heteroatoms. The van der Waals surface area contributed by atoms with E-state index in [-0.39, 0.29) is 5.41 Å². The molecule has 1 saturated carbocycles. The van der Waals surface area contributed by atoms with E-state index >= 15 is 0 Å². The van der Waals surface area contributed by atoms with E-state index in [4.69, 9.17) is 19.3 Å². The largest absolute Gasteiger partial charge is 0.396 e. The minimum atomic E-state index is 0.184. The van der Waals surface area contributed by atoms with Gasteiger partial charge in [-0.2, -0.15) is 0 Å². The zero-order valence-electron chi connectivity index (χ0n) is 10.7. The van der Waals surface area contributed by atoms with Gasteiger partial charge in [0.15, 0.2) is 0 Å². The second kappa shape index (κ2) is 8.83. The number of rotatable bonds is 12. The Kier molecular flexibility index (Phi) is 7.72. The van der Waals surface area contributed by atoms with Crippen molar-refractivity contribution >= 4 is 0 Å². The zero-order valence-corrected chi connectivity index (χ0v) is 10.7. The molecule has 0 spiro atoms. The highest BCUT2D eigenvalue weighted by Gasteiger charge is 2.41. The molecule has 0 amide bonds. The Morgan fingerprint density at radius 3 is 2.29 bits per heavy atom. The molecule has 0 bridgehead atoms. The fourth-order valence-electron chi connectivity index (χ4n) is 1.53. The van der Waals surface area contributed by atoms with Gasteiger partial charge >= 0.3 is 0 Å². The number of aliphatic hydroxyl groups is 1. The third-order valence-electron chi connectivity index (χ3n) is 3.02. The molecule has 102 valence electrons. The summed E-state index contributed by atoms with van der Waals surface area (Å²) in [7, 11) is 1.66. The van der Waals surface area contributed by atoms with Gasteiger partial charge in [0, 0.05) is 32.2 Å². The summed E-state index contributed by atoms with van der Waals surface area (Å²) in [5, 5.41) is 12.4. The topological polar surface area (TPSA) is 60.0 Å². The van der Waals surface area contributed by atoms with Gasteiger partial charge in [-0.15, -0.1) is 0 Å². The van der Waals surface area contributed by atoms with E-state index in [9.17, 15) is 0 Å². The van der Waals surface area contributed by atoms with Crippen molar-refractivity contribution in [1.29, 1.82) is 0 Å². The van der Waals surface area contributed by atoms with Gasteiger partial charge in [0.05, 0.1) is 33.0 Å². The number of aliphatic hydroxyl groups excluding tert-OH is 1. The second-order valence-corrected chi connectivity index (χ2v) is 4.55. The van der Waals surface area contributed by atoms with Crippen LogP contribution < -0.4 is 5.32 Å². The molecule has 0 aliphatic heterocycles. The van der Waals surface area contributed by atoms with Crippen molar-refractivity contribution in [3.63, 3.8) is 0 Å². The molecule has 17 heavy (non-hydrogen) atoms. The first-order chi connectivity index (χ1) is 8.33. The lowest BCUT2D eigenvalue weighted by Gasteiger charge is -2.12. The van der Waals surface area contributed by atoms with E-state index in [2.05, 4.69) is 5.32 Å². The van der Waals surface area contributed by atoms with Crippen LogP contribution >= 0.6 is 0 Å². The lowest BCUT2D eigenvalue weighted by atomic mass is 10.1. The maximum absolute atomic E-state index is 9.10. The number of hydrogen-bond donors (Lipinski definition) is 2. The van der Waals surface area contributed by atoms with E-state index in [1.54, 1.807) is 7.11 Å². The Morgan fingerprint density at radius 2 is 1.71 bits per heavy atom. The zero-order chi connectivity index (χ0) is 12.4. The summed E-state index contributed by atoms with van der Waals surface area (Å²) in [5.41, 5.74) is 0.184. The van der Waals surface area contributed by atoms with E-state index in [0.29, 0.717) is 39.6 Å². The van der Waals surface area contributed by atoms with Crippen molar-refractivity contribution < 1.29 is 19.3 Å². The molecule has 0 unspecified atom stereocenters. The molecule has 0 atom stereocenters. The van der Waals surface area contributed by atoms with Gasteiger partial charge in [0.1, 0.15) is 0 Å². The fraction of sp³-hybridized carbons (Fsp3) is 1.00. The molecule has 0 heterocycles. The van der Waals surface area contributed by atoms with E-state index < -0.39 is 0 Å². The molecular formula is C12H25NO4. The van der Waals surface area contributed by atoms with Crippen LogP contribution in [0.3, 0.4) is 0 Å². The maximum atomic E-state index is 9.10. The predicted molar refractivity (Wildman–Crippen MR) is 65.1 cm³/mol. The predicted octanol–water partition coefficient (Wildman–Crippen LogP) is 0.0281. The molecule has 1 fully saturated rings. The van der Waals surface area contributed by atoms with Crippen molar-refractivity contribution in [1.82, 2.24) is 5.32 Å². The van der Waals surface area contributed by atoms with Crippen LogP contribution in [0.4, 0.5) is 0 Å². The summed E-state index contributed by atoms with van der Waals surface area (Å²) in [6, 6.07) is 0. The minimum absolute atomic E-state index is 0.184. The Bertz CT molecular complexity index is 185. The third-order valence-corrected chi connectivity index (χ3v) is 3.02. The number of hydrogen-bond acceptors (Lipinski definition) is 5. The Labute approximate surface area is 103 Å². The van der Waals surface area contributed by atoms with Gasteiger partial charge in [0.25, 0.3) is 0 Å². The van der Waals surface area contributed by atoms with Gasteiger partial charge in [-0.25, -0.2) is 0 Å². The van der Waals surface area contributed by atoms with Crippen LogP contribution in [0.1, 0.15) is 12.8 Å². The monoisotopic (exact) mass is 247 g/mol. The molecule has 0 aromatic rings. The van der Waals surface area contributed by atoms with Gasteiger partial charge in [-0.3, -0.25) is 0 Å². The molecular weight excluding hydrogens is 222 g/mol. The van der Waals surface area contributed by atoms with Crippen molar-refractivity contribution in [3.05, 3.63) is 0 Å². The van der Waals surface area contributed by atoms with Crippen LogP contribution in [-0.4, -0.2) is 64.9 Å². The Morgan fingerprint density at radius 1 is 1.06 bits per heavy atom. The average molecular weight is 247 g/mol. The van der Waals surface area contributed by atoms with Gasteiger partial charge in [0.2, 0.25) is 0 Å². The van der Waals surface area contributed by atoms with Crippen LogP contribution in [0.5, 0.6) is 0 Å². The molecule has 1 aliphatic rings. The summed E-state index contributed by atoms with van der Waals surface area (Å²) < 4.78 is 15.5. The molecule has 2 N–H and O–H groups in total. The average Bonchev–Trinajstić information content (AvgIpc) is 3.12. The first-order valence-electron chi connectivity index (χ1n) is 6.29. The summed E-state index contributed by atoms with van der Waals surface area (Å²) in [5.74, 6) is 0. The highest BCUT2D eigenvalue weighted by Crippen LogP contribution is 2.44. The van der Waals surface area contributed by atoms with E-state index in [0.717, 1.165) is 25.9 Å². The van der Waals surface area contributed by atoms with Gasteiger partial charge in [-0.05, 0) is 12.8 Å². The van der Waals surface area contributed by atoms with Gasteiger partial charge < -0.3 is 24.6 Å². The quantitative estimate of drug-likeness (QED) is 0.476.